The first-order chi connectivity index (χ1) is 7.95. The van der Waals surface area contributed by atoms with Gasteiger partial charge in [0, 0.05) is 0 Å². The largest absolute Gasteiger partial charge is 0.472 e. The fourth-order valence-electron chi connectivity index (χ4n) is 1.05. The van der Waals surface area contributed by atoms with Crippen LogP contribution in [0.25, 0.3) is 0 Å². The lowest BCUT2D eigenvalue weighted by atomic mass is 10.7. The molecule has 0 amide bonds. The first-order valence-corrected chi connectivity index (χ1v) is 7.07. The lowest BCUT2D eigenvalue weighted by Crippen LogP contribution is -2.23. The number of nitrogens with zero attached hydrogens (tertiary/aromatic N) is 2. The zero-order chi connectivity index (χ0) is 13.3. The van der Waals surface area contributed by atoms with Crippen molar-refractivity contribution in [2.24, 2.45) is 7.05 Å². The Morgan fingerprint density at radius 3 is 2.06 bits per heavy atom. The number of aromatic nitrogens is 2. The van der Waals surface area contributed by atoms with Crippen LogP contribution in [-0.4, -0.2) is 22.7 Å². The van der Waals surface area contributed by atoms with E-state index in [9.17, 15) is 4.57 Å². The molecule has 7 heteroatoms. The summed E-state index contributed by atoms with van der Waals surface area (Å²) < 4.78 is 23.4. The van der Waals surface area contributed by atoms with Crippen molar-refractivity contribution in [1.29, 1.82) is 0 Å². The predicted octanol–water partition coefficient (Wildman–Crippen LogP) is 1.49. The molecule has 1 rings (SSSR count). The Balaban J connectivity index is 0.000000302. The number of phosphoric acid groups is 1. The number of imidazole rings is 1. The molecule has 1 N–H and O–H groups in total. The molecule has 0 aliphatic carbocycles. The summed E-state index contributed by atoms with van der Waals surface area (Å²) in [5.41, 5.74) is 0. The molecule has 1 heterocycles. The molecule has 1 aromatic rings. The molecule has 17 heavy (non-hydrogen) atoms. The van der Waals surface area contributed by atoms with Crippen LogP contribution in [0, 0.1) is 0 Å². The number of hydrogen-bond acceptors (Lipinski definition) is 3. The first kappa shape index (κ1) is 16.3. The molecule has 0 saturated carbocycles. The summed E-state index contributed by atoms with van der Waals surface area (Å²) in [6.07, 6.45) is 6.14. The van der Waals surface area contributed by atoms with Crippen LogP contribution in [0.5, 0.6) is 0 Å². The molecule has 0 saturated heterocycles. The average Bonchev–Trinajstić information content (AvgIpc) is 2.65. The summed E-state index contributed by atoms with van der Waals surface area (Å²) in [5.74, 6) is 0. The van der Waals surface area contributed by atoms with Gasteiger partial charge in [-0.1, -0.05) is 0 Å². The fourth-order valence-corrected chi connectivity index (χ4v) is 1.78. The summed E-state index contributed by atoms with van der Waals surface area (Å²) in [6, 6.07) is 0. The number of phosphoric ester groups is 1. The molecule has 0 bridgehead atoms. The van der Waals surface area contributed by atoms with Crippen LogP contribution >= 0.6 is 7.82 Å². The van der Waals surface area contributed by atoms with E-state index < -0.39 is 7.82 Å². The van der Waals surface area contributed by atoms with E-state index in [1.165, 1.54) is 0 Å². The van der Waals surface area contributed by atoms with Crippen LogP contribution in [0.15, 0.2) is 18.7 Å². The van der Waals surface area contributed by atoms with Gasteiger partial charge in [-0.05, 0) is 20.8 Å². The molecule has 1 aromatic heterocycles. The molecule has 0 spiro atoms. The minimum absolute atomic E-state index is 0.188. The summed E-state index contributed by atoms with van der Waals surface area (Å²) in [7, 11) is -1.67. The summed E-state index contributed by atoms with van der Waals surface area (Å²) in [6.45, 7) is 6.81. The summed E-state index contributed by atoms with van der Waals surface area (Å²) in [5, 5.41) is 0. The highest BCUT2D eigenvalue weighted by molar-refractivity contribution is 7.47. The minimum atomic E-state index is -3.69. The van der Waals surface area contributed by atoms with Crippen molar-refractivity contribution in [2.45, 2.75) is 27.3 Å². The third-order valence-corrected chi connectivity index (χ3v) is 2.94. The standard InChI is InChI=1S/C6H11N2.C4H11O4P/c1-3-8-5-4-7(2)6-8;1-3-7-9(5,6)8-4-2/h4-6H,3H2,1-2H3;3-4H2,1-2H3,(H,5,6)/q+1;. The van der Waals surface area contributed by atoms with Crippen molar-refractivity contribution in [3.8, 4) is 0 Å². The Kier molecular flexibility index (Phi) is 8.08. The highest BCUT2D eigenvalue weighted by atomic mass is 31.2. The van der Waals surface area contributed by atoms with Crippen LogP contribution in [0.4, 0.5) is 0 Å². The van der Waals surface area contributed by atoms with E-state index >= 15 is 0 Å². The molecule has 0 radical (unpaired) electrons. The maximum absolute atomic E-state index is 10.5. The molecule has 6 nitrogen and oxygen atoms in total. The zero-order valence-electron chi connectivity index (χ0n) is 10.9. The van der Waals surface area contributed by atoms with E-state index in [4.69, 9.17) is 4.89 Å². The van der Waals surface area contributed by atoms with Gasteiger partial charge in [-0.25, -0.2) is 13.7 Å². The Morgan fingerprint density at radius 2 is 1.82 bits per heavy atom. The Bertz CT molecular complexity index is 344. The fraction of sp³-hybridized carbons (Fsp3) is 0.700. The van der Waals surface area contributed by atoms with E-state index in [0.717, 1.165) is 6.54 Å². The van der Waals surface area contributed by atoms with E-state index in [0.29, 0.717) is 0 Å². The second-order valence-electron chi connectivity index (χ2n) is 3.21. The number of hydrogen-bond donors (Lipinski definition) is 1. The highest BCUT2D eigenvalue weighted by Gasteiger charge is 2.17. The minimum Gasteiger partial charge on any atom is -0.302 e. The summed E-state index contributed by atoms with van der Waals surface area (Å²) >= 11 is 0. The molecular weight excluding hydrogens is 243 g/mol. The van der Waals surface area contributed by atoms with Crippen molar-refractivity contribution in [3.05, 3.63) is 18.7 Å². The molecule has 0 aromatic carbocycles. The van der Waals surface area contributed by atoms with Crippen LogP contribution in [0.3, 0.4) is 0 Å². The zero-order valence-corrected chi connectivity index (χ0v) is 11.8. The van der Waals surface area contributed by atoms with Gasteiger partial charge in [-0.3, -0.25) is 9.05 Å². The van der Waals surface area contributed by atoms with E-state index in [1.807, 2.05) is 17.8 Å². The van der Waals surface area contributed by atoms with Gasteiger partial charge in [0.2, 0.25) is 6.33 Å². The third-order valence-electron chi connectivity index (χ3n) is 1.77. The molecular formula is C10H22N2O4P+. The van der Waals surface area contributed by atoms with Crippen LogP contribution in [0.2, 0.25) is 0 Å². The van der Waals surface area contributed by atoms with Crippen LogP contribution in [0.1, 0.15) is 20.8 Å². The van der Waals surface area contributed by atoms with Gasteiger partial charge in [0.1, 0.15) is 12.4 Å². The van der Waals surface area contributed by atoms with Gasteiger partial charge in [-0.15, -0.1) is 0 Å². The Hall–Kier alpha value is -0.680. The van der Waals surface area contributed by atoms with Crippen molar-refractivity contribution >= 4 is 7.82 Å². The highest BCUT2D eigenvalue weighted by Crippen LogP contribution is 2.42. The van der Waals surface area contributed by atoms with Gasteiger partial charge in [0.05, 0.1) is 26.8 Å². The SMILES string of the molecule is CCOP(=O)(O)OCC.CCn1cc[n+](C)c1. The van der Waals surface area contributed by atoms with Crippen molar-refractivity contribution < 1.29 is 23.1 Å². The maximum atomic E-state index is 10.5. The van der Waals surface area contributed by atoms with Gasteiger partial charge < -0.3 is 4.89 Å². The van der Waals surface area contributed by atoms with E-state index in [-0.39, 0.29) is 13.2 Å². The van der Waals surface area contributed by atoms with Crippen molar-refractivity contribution in [3.63, 3.8) is 0 Å². The quantitative estimate of drug-likeness (QED) is 0.647. The van der Waals surface area contributed by atoms with Crippen LogP contribution < -0.4 is 4.57 Å². The molecule has 0 fully saturated rings. The average molecular weight is 265 g/mol. The van der Waals surface area contributed by atoms with Crippen LogP contribution in [-0.2, 0) is 27.2 Å². The Morgan fingerprint density at radius 1 is 1.29 bits per heavy atom. The lowest BCUT2D eigenvalue weighted by molar-refractivity contribution is -0.671. The molecule has 0 aliphatic rings. The predicted molar refractivity (Wildman–Crippen MR) is 64.4 cm³/mol. The topological polar surface area (TPSA) is 64.6 Å². The third kappa shape index (κ3) is 8.10. The normalized spacial score (nSPS) is 10.9. The van der Waals surface area contributed by atoms with Gasteiger partial charge in [-0.2, -0.15) is 0 Å². The van der Waals surface area contributed by atoms with Gasteiger partial charge >= 0.3 is 7.82 Å². The maximum Gasteiger partial charge on any atom is 0.472 e. The van der Waals surface area contributed by atoms with E-state index in [2.05, 4.69) is 33.1 Å². The van der Waals surface area contributed by atoms with Crippen molar-refractivity contribution in [2.75, 3.05) is 13.2 Å². The van der Waals surface area contributed by atoms with Gasteiger partial charge in [0.15, 0.2) is 0 Å². The first-order valence-electron chi connectivity index (χ1n) is 5.58. The monoisotopic (exact) mass is 265 g/mol. The molecule has 0 unspecified atom stereocenters. The number of rotatable bonds is 5. The number of aryl methyl sites for hydroxylation is 2. The van der Waals surface area contributed by atoms with Gasteiger partial charge in [0.25, 0.3) is 0 Å². The van der Waals surface area contributed by atoms with Crippen molar-refractivity contribution in [1.82, 2.24) is 4.57 Å². The van der Waals surface area contributed by atoms with E-state index in [1.54, 1.807) is 13.8 Å². The Labute approximate surface area is 102 Å². The summed E-state index contributed by atoms with van der Waals surface area (Å²) in [4.78, 5) is 8.63. The lowest BCUT2D eigenvalue weighted by Gasteiger charge is -2.07. The molecule has 100 valence electrons. The molecule has 0 atom stereocenters. The second-order valence-corrected chi connectivity index (χ2v) is 4.67. The smallest absolute Gasteiger partial charge is 0.302 e. The molecule has 0 aliphatic heterocycles. The second kappa shape index (κ2) is 8.42.